The lowest BCUT2D eigenvalue weighted by Crippen LogP contribution is -2.35. The topological polar surface area (TPSA) is 107 Å². The molecule has 1 aromatic heterocycles. The predicted molar refractivity (Wildman–Crippen MR) is 138 cm³/mol. The average molecular weight is 564 g/mol. The number of hydrogen-bond donors (Lipinski definition) is 0. The lowest BCUT2D eigenvalue weighted by molar-refractivity contribution is -0.121. The molecule has 0 N–H and O–H groups in total. The molecular formula is C25H21Cl3N4O5. The summed E-state index contributed by atoms with van der Waals surface area (Å²) >= 11 is 18.6. The number of benzene rings is 2. The maximum Gasteiger partial charge on any atom is 0.343 e. The number of rotatable bonds is 8. The maximum atomic E-state index is 13.0. The van der Waals surface area contributed by atoms with E-state index >= 15 is 0 Å². The number of anilines is 1. The maximum absolute atomic E-state index is 13.0. The van der Waals surface area contributed by atoms with Crippen LogP contribution in [0.5, 0.6) is 11.5 Å². The zero-order valence-electron chi connectivity index (χ0n) is 19.7. The number of aromatic nitrogens is 2. The predicted octanol–water partition coefficient (Wildman–Crippen LogP) is 5.07. The van der Waals surface area contributed by atoms with Gasteiger partial charge in [-0.2, -0.15) is 10.4 Å². The van der Waals surface area contributed by atoms with Crippen molar-refractivity contribution < 1.29 is 23.8 Å². The van der Waals surface area contributed by atoms with Gasteiger partial charge in [0, 0.05) is 28.3 Å². The highest BCUT2D eigenvalue weighted by Crippen LogP contribution is 2.34. The molecule has 0 spiro atoms. The Morgan fingerprint density at radius 3 is 2.62 bits per heavy atom. The molecule has 1 aliphatic rings. The molecule has 0 bridgehead atoms. The van der Waals surface area contributed by atoms with Crippen molar-refractivity contribution in [3.8, 4) is 17.6 Å². The third kappa shape index (κ3) is 6.10. The van der Waals surface area contributed by atoms with Crippen molar-refractivity contribution in [2.24, 2.45) is 0 Å². The minimum Gasteiger partial charge on any atom is -0.486 e. The fraction of sp³-hybridized carbons (Fsp3) is 0.280. The normalized spacial score (nSPS) is 12.1. The van der Waals surface area contributed by atoms with Gasteiger partial charge in [0.1, 0.15) is 23.9 Å². The summed E-state index contributed by atoms with van der Waals surface area (Å²) in [6.45, 7) is 2.17. The third-order valence-corrected chi connectivity index (χ3v) is 6.49. The molecule has 1 aliphatic heterocycles. The number of nitriles is 1. The Morgan fingerprint density at radius 2 is 1.89 bits per heavy atom. The molecule has 0 saturated heterocycles. The number of fused-ring (bicyclic) bond motifs is 1. The van der Waals surface area contributed by atoms with Crippen LogP contribution in [-0.2, 0) is 16.1 Å². The first-order chi connectivity index (χ1) is 17.8. The Morgan fingerprint density at radius 1 is 1.14 bits per heavy atom. The van der Waals surface area contributed by atoms with Gasteiger partial charge in [-0.05, 0) is 36.8 Å². The van der Waals surface area contributed by atoms with E-state index in [2.05, 4.69) is 5.10 Å². The van der Waals surface area contributed by atoms with E-state index in [-0.39, 0.29) is 30.2 Å². The molecule has 1 amide bonds. The van der Waals surface area contributed by atoms with Gasteiger partial charge in [0.15, 0.2) is 18.1 Å². The molecule has 9 nitrogen and oxygen atoms in total. The third-order valence-electron chi connectivity index (χ3n) is 5.52. The SMILES string of the molecule is Cc1nn(Cc2ccc(Cl)cc2Cl)c(Cl)c1C(=O)OCC(=O)N(CCC#N)c1ccc2c(c1)OCCO2. The first-order valence-corrected chi connectivity index (χ1v) is 12.3. The molecule has 192 valence electrons. The number of nitrogens with zero attached hydrogens (tertiary/aromatic N) is 4. The first kappa shape index (κ1) is 26.6. The largest absolute Gasteiger partial charge is 0.486 e. The smallest absolute Gasteiger partial charge is 0.343 e. The number of ether oxygens (including phenoxy) is 3. The van der Waals surface area contributed by atoms with Crippen molar-refractivity contribution in [3.05, 3.63) is 68.4 Å². The molecule has 2 aromatic carbocycles. The van der Waals surface area contributed by atoms with Gasteiger partial charge in [-0.1, -0.05) is 40.9 Å². The molecule has 4 rings (SSSR count). The molecule has 2 heterocycles. The fourth-order valence-corrected chi connectivity index (χ4v) is 4.52. The minimum absolute atomic E-state index is 0.0439. The quantitative estimate of drug-likeness (QED) is 0.352. The zero-order chi connectivity index (χ0) is 26.5. The van der Waals surface area contributed by atoms with Crippen LogP contribution in [0, 0.1) is 18.3 Å². The van der Waals surface area contributed by atoms with E-state index in [1.807, 2.05) is 6.07 Å². The van der Waals surface area contributed by atoms with Gasteiger partial charge < -0.3 is 19.1 Å². The van der Waals surface area contributed by atoms with Crippen LogP contribution >= 0.6 is 34.8 Å². The zero-order valence-corrected chi connectivity index (χ0v) is 21.9. The molecule has 0 radical (unpaired) electrons. The number of hydrogen-bond acceptors (Lipinski definition) is 7. The average Bonchev–Trinajstić information content (AvgIpc) is 3.16. The number of amides is 1. The van der Waals surface area contributed by atoms with Crippen LogP contribution in [0.25, 0.3) is 0 Å². The van der Waals surface area contributed by atoms with E-state index in [1.165, 1.54) is 9.58 Å². The summed E-state index contributed by atoms with van der Waals surface area (Å²) in [7, 11) is 0. The van der Waals surface area contributed by atoms with Gasteiger partial charge in [0.2, 0.25) is 0 Å². The first-order valence-electron chi connectivity index (χ1n) is 11.2. The standard InChI is InChI=1S/C25H21Cl3N4O5/c1-15-23(24(28)32(30-15)13-16-3-4-17(26)11-19(16)27)25(34)37-14-22(33)31(8-2-7-29)18-5-6-20-21(12-18)36-10-9-35-20/h3-6,11-12H,2,8-10,13-14H2,1H3. The van der Waals surface area contributed by atoms with Gasteiger partial charge in [0.25, 0.3) is 5.91 Å². The Balaban J connectivity index is 1.47. The number of halogens is 3. The van der Waals surface area contributed by atoms with Crippen LogP contribution in [0.3, 0.4) is 0 Å². The lowest BCUT2D eigenvalue weighted by Gasteiger charge is -2.24. The monoisotopic (exact) mass is 562 g/mol. The molecule has 3 aromatic rings. The highest BCUT2D eigenvalue weighted by atomic mass is 35.5. The second-order valence-electron chi connectivity index (χ2n) is 8.00. The summed E-state index contributed by atoms with van der Waals surface area (Å²) in [4.78, 5) is 27.2. The molecular weight excluding hydrogens is 543 g/mol. The van der Waals surface area contributed by atoms with Crippen molar-refractivity contribution in [2.45, 2.75) is 19.9 Å². The van der Waals surface area contributed by atoms with Gasteiger partial charge in [-0.3, -0.25) is 4.79 Å². The molecule has 0 fully saturated rings. The van der Waals surface area contributed by atoms with E-state index in [9.17, 15) is 9.59 Å². The summed E-state index contributed by atoms with van der Waals surface area (Å²) in [5.41, 5.74) is 1.57. The van der Waals surface area contributed by atoms with Crippen molar-refractivity contribution in [1.29, 1.82) is 5.26 Å². The minimum atomic E-state index is -0.799. The van der Waals surface area contributed by atoms with Crippen molar-refractivity contribution in [1.82, 2.24) is 9.78 Å². The summed E-state index contributed by atoms with van der Waals surface area (Å²) < 4.78 is 17.8. The Hall–Kier alpha value is -3.45. The summed E-state index contributed by atoms with van der Waals surface area (Å²) in [5.74, 6) is -0.261. The molecule has 37 heavy (non-hydrogen) atoms. The number of carbonyl (C=O) groups excluding carboxylic acids is 2. The summed E-state index contributed by atoms with van der Waals surface area (Å²) in [5, 5.41) is 14.3. The second-order valence-corrected chi connectivity index (χ2v) is 9.20. The van der Waals surface area contributed by atoms with Crippen molar-refractivity contribution in [3.63, 3.8) is 0 Å². The number of esters is 1. The van der Waals surface area contributed by atoms with Gasteiger partial charge in [-0.25, -0.2) is 9.48 Å². The molecule has 12 heteroatoms. The van der Waals surface area contributed by atoms with E-state index in [1.54, 1.807) is 43.3 Å². The Kier molecular flexibility index (Phi) is 8.44. The summed E-state index contributed by atoms with van der Waals surface area (Å²) in [6, 6.07) is 12.1. The number of carbonyl (C=O) groups is 2. The highest BCUT2D eigenvalue weighted by molar-refractivity contribution is 6.35. The Labute approximate surface area is 228 Å². The van der Waals surface area contributed by atoms with E-state index < -0.39 is 18.5 Å². The van der Waals surface area contributed by atoms with E-state index in [4.69, 9.17) is 54.3 Å². The van der Waals surface area contributed by atoms with Crippen LogP contribution in [0.1, 0.15) is 28.0 Å². The Bertz CT molecular complexity index is 1390. The lowest BCUT2D eigenvalue weighted by atomic mass is 10.2. The van der Waals surface area contributed by atoms with Crippen LogP contribution in [0.2, 0.25) is 15.2 Å². The molecule has 0 atom stereocenters. The molecule has 0 aliphatic carbocycles. The van der Waals surface area contributed by atoms with Gasteiger partial charge in [0.05, 0.1) is 24.7 Å². The second kappa shape index (κ2) is 11.7. The van der Waals surface area contributed by atoms with E-state index in [0.29, 0.717) is 51.7 Å². The molecule has 0 unspecified atom stereocenters. The number of aryl methyl sites for hydroxylation is 1. The van der Waals surface area contributed by atoms with Crippen LogP contribution in [0.4, 0.5) is 5.69 Å². The van der Waals surface area contributed by atoms with Crippen LogP contribution in [-0.4, -0.2) is 48.0 Å². The summed E-state index contributed by atoms with van der Waals surface area (Å²) in [6.07, 6.45) is 0.0824. The fourth-order valence-electron chi connectivity index (χ4n) is 3.74. The van der Waals surface area contributed by atoms with Gasteiger partial charge in [-0.15, -0.1) is 0 Å². The highest BCUT2D eigenvalue weighted by Gasteiger charge is 2.25. The van der Waals surface area contributed by atoms with Crippen molar-refractivity contribution >= 4 is 52.4 Å². The van der Waals surface area contributed by atoms with Crippen LogP contribution < -0.4 is 14.4 Å². The molecule has 0 saturated carbocycles. The van der Waals surface area contributed by atoms with E-state index in [0.717, 1.165) is 0 Å². The van der Waals surface area contributed by atoms with Crippen LogP contribution in [0.15, 0.2) is 36.4 Å². The van der Waals surface area contributed by atoms with Gasteiger partial charge >= 0.3 is 5.97 Å². The van der Waals surface area contributed by atoms with Crippen molar-refractivity contribution in [2.75, 3.05) is 31.3 Å².